The molecule has 0 N–H and O–H groups in total. The van der Waals surface area contributed by atoms with Crippen molar-refractivity contribution in [3.63, 3.8) is 0 Å². The average molecular weight is 405 g/mol. The molecular weight excluding hydrogens is 380 g/mol. The highest BCUT2D eigenvalue weighted by atomic mass is 16.5. The van der Waals surface area contributed by atoms with Gasteiger partial charge >= 0.3 is 0 Å². The van der Waals surface area contributed by atoms with Gasteiger partial charge in [-0.2, -0.15) is 0 Å². The SMILES string of the molecule is COc1cc2ccccc2c2c1CC1=CCC=C1Cc1c(OC)cc3ccccc3c1-2. The maximum Gasteiger partial charge on any atom is 0.123 e. The van der Waals surface area contributed by atoms with Gasteiger partial charge in [0.1, 0.15) is 11.5 Å². The lowest BCUT2D eigenvalue weighted by Gasteiger charge is -2.26. The minimum Gasteiger partial charge on any atom is -0.496 e. The number of fused-ring (bicyclic) bond motifs is 8. The highest BCUT2D eigenvalue weighted by Gasteiger charge is 2.28. The second kappa shape index (κ2) is 7.02. The van der Waals surface area contributed by atoms with Crippen LogP contribution in [0.15, 0.2) is 84.0 Å². The Balaban J connectivity index is 1.86. The lowest BCUT2D eigenvalue weighted by Crippen LogP contribution is -2.08. The van der Waals surface area contributed by atoms with E-state index in [1.807, 2.05) is 0 Å². The van der Waals surface area contributed by atoms with Gasteiger partial charge in [0.05, 0.1) is 14.2 Å². The topological polar surface area (TPSA) is 18.5 Å². The first kappa shape index (κ1) is 18.3. The Morgan fingerprint density at radius 1 is 0.613 bits per heavy atom. The Hall–Kier alpha value is -3.52. The van der Waals surface area contributed by atoms with Crippen LogP contribution in [0.5, 0.6) is 11.5 Å². The molecule has 0 heterocycles. The summed E-state index contributed by atoms with van der Waals surface area (Å²) in [6, 6.07) is 21.7. The van der Waals surface area contributed by atoms with Crippen LogP contribution in [0.2, 0.25) is 0 Å². The van der Waals surface area contributed by atoms with E-state index < -0.39 is 0 Å². The minimum atomic E-state index is 0.889. The minimum absolute atomic E-state index is 0.889. The molecule has 152 valence electrons. The van der Waals surface area contributed by atoms with Crippen molar-refractivity contribution in [2.45, 2.75) is 19.3 Å². The smallest absolute Gasteiger partial charge is 0.123 e. The fourth-order valence-electron chi connectivity index (χ4n) is 5.37. The first-order chi connectivity index (χ1) is 15.3. The Morgan fingerprint density at radius 3 is 1.52 bits per heavy atom. The van der Waals surface area contributed by atoms with Crippen molar-refractivity contribution in [3.8, 4) is 22.6 Å². The molecular formula is C29H24O2. The van der Waals surface area contributed by atoms with E-state index in [2.05, 4.69) is 72.8 Å². The molecule has 2 nitrogen and oxygen atoms in total. The molecule has 6 rings (SSSR count). The molecule has 0 unspecified atom stereocenters. The Bertz CT molecular complexity index is 1310. The summed E-state index contributed by atoms with van der Waals surface area (Å²) in [6.07, 6.45) is 7.51. The van der Waals surface area contributed by atoms with Crippen LogP contribution in [0, 0.1) is 0 Å². The summed E-state index contributed by atoms with van der Waals surface area (Å²) >= 11 is 0. The highest BCUT2D eigenvalue weighted by Crippen LogP contribution is 2.49. The number of rotatable bonds is 2. The summed E-state index contributed by atoms with van der Waals surface area (Å²) in [7, 11) is 3.57. The maximum absolute atomic E-state index is 5.97. The summed E-state index contributed by atoms with van der Waals surface area (Å²) in [5.41, 5.74) is 7.92. The highest BCUT2D eigenvalue weighted by molar-refractivity contribution is 6.10. The van der Waals surface area contributed by atoms with Gasteiger partial charge in [0.2, 0.25) is 0 Å². The molecule has 2 aliphatic rings. The van der Waals surface area contributed by atoms with Crippen molar-refractivity contribution >= 4 is 21.5 Å². The lowest BCUT2D eigenvalue weighted by atomic mass is 9.79. The molecule has 0 amide bonds. The van der Waals surface area contributed by atoms with Crippen LogP contribution >= 0.6 is 0 Å². The van der Waals surface area contributed by atoms with Crippen molar-refractivity contribution in [1.29, 1.82) is 0 Å². The van der Waals surface area contributed by atoms with E-state index in [9.17, 15) is 0 Å². The molecule has 0 aromatic heterocycles. The van der Waals surface area contributed by atoms with Crippen molar-refractivity contribution in [3.05, 3.63) is 95.1 Å². The first-order valence-corrected chi connectivity index (χ1v) is 10.8. The van der Waals surface area contributed by atoms with Crippen molar-refractivity contribution in [2.75, 3.05) is 14.2 Å². The van der Waals surface area contributed by atoms with E-state index in [0.717, 1.165) is 30.8 Å². The third-order valence-corrected chi connectivity index (χ3v) is 6.80. The summed E-state index contributed by atoms with van der Waals surface area (Å²) in [5, 5.41) is 4.94. The Kier molecular flexibility index (Phi) is 4.14. The summed E-state index contributed by atoms with van der Waals surface area (Å²) < 4.78 is 11.9. The normalized spacial score (nSPS) is 14.8. The largest absolute Gasteiger partial charge is 0.496 e. The third kappa shape index (κ3) is 2.71. The van der Waals surface area contributed by atoms with Crippen molar-refractivity contribution in [2.24, 2.45) is 0 Å². The van der Waals surface area contributed by atoms with Crippen LogP contribution in [0.1, 0.15) is 17.5 Å². The van der Waals surface area contributed by atoms with Gasteiger partial charge in [-0.1, -0.05) is 60.7 Å². The summed E-state index contributed by atoms with van der Waals surface area (Å²) in [4.78, 5) is 0. The summed E-state index contributed by atoms with van der Waals surface area (Å²) in [5.74, 6) is 1.92. The van der Waals surface area contributed by atoms with Gasteiger partial charge in [0.25, 0.3) is 0 Å². The molecule has 0 saturated carbocycles. The number of ether oxygens (including phenoxy) is 2. The molecule has 0 fully saturated rings. The van der Waals surface area contributed by atoms with Gasteiger partial charge in [-0.15, -0.1) is 0 Å². The second-order valence-corrected chi connectivity index (χ2v) is 8.36. The van der Waals surface area contributed by atoms with Crippen LogP contribution in [0.25, 0.3) is 32.7 Å². The maximum atomic E-state index is 5.97. The molecule has 2 heteroatoms. The van der Waals surface area contributed by atoms with E-state index in [1.165, 1.54) is 54.9 Å². The van der Waals surface area contributed by atoms with Crippen LogP contribution in [-0.4, -0.2) is 14.2 Å². The van der Waals surface area contributed by atoms with Gasteiger partial charge in [0.15, 0.2) is 0 Å². The molecule has 2 aliphatic carbocycles. The molecule has 0 aliphatic heterocycles. The molecule has 0 spiro atoms. The first-order valence-electron chi connectivity index (χ1n) is 10.8. The van der Waals surface area contributed by atoms with E-state index in [4.69, 9.17) is 9.47 Å². The van der Waals surface area contributed by atoms with Gasteiger partial charge < -0.3 is 9.47 Å². The van der Waals surface area contributed by atoms with Gasteiger partial charge in [-0.3, -0.25) is 0 Å². The average Bonchev–Trinajstić information content (AvgIpc) is 3.23. The van der Waals surface area contributed by atoms with Crippen LogP contribution in [-0.2, 0) is 12.8 Å². The van der Waals surface area contributed by atoms with Gasteiger partial charge in [-0.25, -0.2) is 0 Å². The zero-order chi connectivity index (χ0) is 20.9. The zero-order valence-corrected chi connectivity index (χ0v) is 17.9. The number of hydrogen-bond acceptors (Lipinski definition) is 2. The number of hydrogen-bond donors (Lipinski definition) is 0. The number of allylic oxidation sites excluding steroid dienone is 4. The van der Waals surface area contributed by atoms with E-state index in [0.29, 0.717) is 0 Å². The third-order valence-electron chi connectivity index (χ3n) is 6.80. The molecule has 0 radical (unpaired) electrons. The molecule has 0 saturated heterocycles. The van der Waals surface area contributed by atoms with Crippen LogP contribution < -0.4 is 9.47 Å². The molecule has 4 aromatic carbocycles. The monoisotopic (exact) mass is 404 g/mol. The Labute approximate surface area is 182 Å². The van der Waals surface area contributed by atoms with E-state index >= 15 is 0 Å². The summed E-state index contributed by atoms with van der Waals surface area (Å²) in [6.45, 7) is 0. The quantitative estimate of drug-likeness (QED) is 0.357. The predicted molar refractivity (Wildman–Crippen MR) is 128 cm³/mol. The second-order valence-electron chi connectivity index (χ2n) is 8.36. The predicted octanol–water partition coefficient (Wildman–Crippen LogP) is 7.03. The molecule has 31 heavy (non-hydrogen) atoms. The van der Waals surface area contributed by atoms with Gasteiger partial charge in [0, 0.05) is 24.0 Å². The van der Waals surface area contributed by atoms with Crippen LogP contribution in [0.3, 0.4) is 0 Å². The number of benzene rings is 4. The van der Waals surface area contributed by atoms with Crippen molar-refractivity contribution in [1.82, 2.24) is 0 Å². The van der Waals surface area contributed by atoms with Gasteiger partial charge in [-0.05, 0) is 62.4 Å². The van der Waals surface area contributed by atoms with E-state index in [-0.39, 0.29) is 0 Å². The van der Waals surface area contributed by atoms with Crippen molar-refractivity contribution < 1.29 is 9.47 Å². The lowest BCUT2D eigenvalue weighted by molar-refractivity contribution is 0.410. The number of methoxy groups -OCH3 is 2. The fourth-order valence-corrected chi connectivity index (χ4v) is 5.37. The molecule has 0 bridgehead atoms. The van der Waals surface area contributed by atoms with E-state index in [1.54, 1.807) is 14.2 Å². The van der Waals surface area contributed by atoms with Crippen LogP contribution in [0.4, 0.5) is 0 Å². The zero-order valence-electron chi connectivity index (χ0n) is 17.9. The fraction of sp³-hybridized carbons (Fsp3) is 0.172. The Morgan fingerprint density at radius 2 is 1.06 bits per heavy atom. The molecule has 4 aromatic rings. The molecule has 0 atom stereocenters. The standard InChI is InChI=1S/C29H24O2/c1-30-26-16-20-8-3-5-12-22(20)28-24(26)14-18-10-7-11-19(18)15-25-27(31-2)17-21-9-4-6-13-23(21)29(25)28/h3-6,8-13,16-17H,7,14-15H2,1-2H3.